The summed E-state index contributed by atoms with van der Waals surface area (Å²) in [4.78, 5) is 1.94. The summed E-state index contributed by atoms with van der Waals surface area (Å²) in [6.07, 6.45) is 0. The van der Waals surface area contributed by atoms with Crippen molar-refractivity contribution in [1.82, 2.24) is 14.5 Å². The topological polar surface area (TPSA) is 75.3 Å². The predicted octanol–water partition coefficient (Wildman–Crippen LogP) is -0.456. The van der Waals surface area contributed by atoms with Crippen molar-refractivity contribution in [2.45, 2.75) is 6.54 Å². The summed E-state index contributed by atoms with van der Waals surface area (Å²) in [7, 11) is 1.90. The smallest absolute Gasteiger partial charge is 0.132 e. The Balaban J connectivity index is 2.46. The van der Waals surface area contributed by atoms with E-state index < -0.39 is 0 Å². The van der Waals surface area contributed by atoms with E-state index in [0.29, 0.717) is 18.1 Å². The molecule has 0 saturated carbocycles. The van der Waals surface area contributed by atoms with Crippen LogP contribution in [0.3, 0.4) is 0 Å². The third-order valence-corrected chi connectivity index (χ3v) is 2.08. The van der Waals surface area contributed by atoms with Crippen LogP contribution in [0.15, 0.2) is 0 Å². The maximum atomic E-state index is 8.63. The van der Waals surface area contributed by atoms with E-state index in [2.05, 4.69) is 9.59 Å². The number of hydrogen-bond donors (Lipinski definition) is 2. The van der Waals surface area contributed by atoms with Gasteiger partial charge >= 0.3 is 0 Å². The fourth-order valence-electron chi connectivity index (χ4n) is 0.831. The highest BCUT2D eigenvalue weighted by Gasteiger charge is 2.06. The monoisotopic (exact) mass is 188 g/mol. The van der Waals surface area contributed by atoms with Gasteiger partial charge in [-0.2, -0.15) is 0 Å². The first-order valence-electron chi connectivity index (χ1n) is 3.60. The number of aromatic nitrogens is 2. The fraction of sp³-hybridized carbons (Fsp3) is 0.667. The lowest BCUT2D eigenvalue weighted by Gasteiger charge is -2.12. The Morgan fingerprint density at radius 3 is 2.92 bits per heavy atom. The standard InChI is InChI=1S/C6H12N4OS/c1-10(2-3-11)4-5-6(7)12-9-8-5/h11H,2-4,7H2,1H3. The Morgan fingerprint density at radius 2 is 2.42 bits per heavy atom. The molecular weight excluding hydrogens is 176 g/mol. The molecule has 0 amide bonds. The van der Waals surface area contributed by atoms with E-state index in [4.69, 9.17) is 10.8 Å². The zero-order chi connectivity index (χ0) is 8.97. The molecular formula is C6H12N4OS. The Hall–Kier alpha value is -0.720. The van der Waals surface area contributed by atoms with Gasteiger partial charge in [0.1, 0.15) is 10.7 Å². The maximum Gasteiger partial charge on any atom is 0.132 e. The van der Waals surface area contributed by atoms with Crippen molar-refractivity contribution in [3.63, 3.8) is 0 Å². The Kier molecular flexibility index (Phi) is 3.39. The molecule has 0 fully saturated rings. The summed E-state index contributed by atoms with van der Waals surface area (Å²) >= 11 is 1.19. The van der Waals surface area contributed by atoms with E-state index in [1.54, 1.807) is 0 Å². The Morgan fingerprint density at radius 1 is 1.67 bits per heavy atom. The maximum absolute atomic E-state index is 8.63. The number of anilines is 1. The average molecular weight is 188 g/mol. The molecule has 1 aromatic heterocycles. The van der Waals surface area contributed by atoms with Crippen LogP contribution in [0.5, 0.6) is 0 Å². The van der Waals surface area contributed by atoms with Crippen molar-refractivity contribution in [2.75, 3.05) is 25.9 Å². The van der Waals surface area contributed by atoms with E-state index in [9.17, 15) is 0 Å². The van der Waals surface area contributed by atoms with Gasteiger partial charge in [0.15, 0.2) is 0 Å². The van der Waals surface area contributed by atoms with E-state index >= 15 is 0 Å². The van der Waals surface area contributed by atoms with Gasteiger partial charge in [0.05, 0.1) is 6.61 Å². The van der Waals surface area contributed by atoms with Crippen LogP contribution < -0.4 is 5.73 Å². The molecule has 0 radical (unpaired) electrons. The number of rotatable bonds is 4. The minimum Gasteiger partial charge on any atom is -0.395 e. The molecule has 1 rings (SSSR count). The van der Waals surface area contributed by atoms with Gasteiger partial charge in [-0.15, -0.1) is 5.10 Å². The van der Waals surface area contributed by atoms with Crippen molar-refractivity contribution >= 4 is 16.5 Å². The summed E-state index contributed by atoms with van der Waals surface area (Å²) < 4.78 is 3.71. The van der Waals surface area contributed by atoms with Crippen LogP contribution in [0.25, 0.3) is 0 Å². The molecule has 0 aliphatic rings. The third-order valence-electron chi connectivity index (χ3n) is 1.49. The molecule has 68 valence electrons. The van der Waals surface area contributed by atoms with E-state index in [-0.39, 0.29) is 6.61 Å². The highest BCUT2D eigenvalue weighted by molar-refractivity contribution is 7.09. The molecule has 1 heterocycles. The predicted molar refractivity (Wildman–Crippen MR) is 47.7 cm³/mol. The second kappa shape index (κ2) is 4.34. The van der Waals surface area contributed by atoms with Crippen molar-refractivity contribution in [3.8, 4) is 0 Å². The van der Waals surface area contributed by atoms with E-state index in [1.165, 1.54) is 11.5 Å². The van der Waals surface area contributed by atoms with Crippen molar-refractivity contribution in [1.29, 1.82) is 0 Å². The lowest BCUT2D eigenvalue weighted by molar-refractivity contribution is 0.216. The summed E-state index contributed by atoms with van der Waals surface area (Å²) in [5.41, 5.74) is 6.38. The molecule has 0 atom stereocenters. The number of hydrogen-bond acceptors (Lipinski definition) is 6. The summed E-state index contributed by atoms with van der Waals surface area (Å²) in [6, 6.07) is 0. The van der Waals surface area contributed by atoms with Crippen molar-refractivity contribution in [3.05, 3.63) is 5.69 Å². The van der Waals surface area contributed by atoms with Crippen LogP contribution in [0, 0.1) is 0 Å². The average Bonchev–Trinajstić information content (AvgIpc) is 2.37. The Labute approximate surface area is 75.0 Å². The normalized spacial score (nSPS) is 10.9. The van der Waals surface area contributed by atoms with Crippen LogP contribution >= 0.6 is 11.5 Å². The van der Waals surface area contributed by atoms with Gasteiger partial charge in [-0.25, -0.2) is 0 Å². The van der Waals surface area contributed by atoms with Crippen LogP contribution in [0.2, 0.25) is 0 Å². The molecule has 5 nitrogen and oxygen atoms in total. The van der Waals surface area contributed by atoms with Gasteiger partial charge in [-0.1, -0.05) is 4.49 Å². The molecule has 0 bridgehead atoms. The molecule has 12 heavy (non-hydrogen) atoms. The summed E-state index contributed by atoms with van der Waals surface area (Å²) in [5.74, 6) is 0. The van der Waals surface area contributed by atoms with Crippen molar-refractivity contribution < 1.29 is 5.11 Å². The number of nitrogens with zero attached hydrogens (tertiary/aromatic N) is 3. The minimum atomic E-state index is 0.147. The highest BCUT2D eigenvalue weighted by atomic mass is 32.1. The minimum absolute atomic E-state index is 0.147. The second-order valence-electron chi connectivity index (χ2n) is 2.55. The van der Waals surface area contributed by atoms with E-state index in [0.717, 1.165) is 5.69 Å². The highest BCUT2D eigenvalue weighted by Crippen LogP contribution is 2.13. The molecule has 1 aromatic rings. The van der Waals surface area contributed by atoms with Gasteiger partial charge in [-0.05, 0) is 7.05 Å². The first-order chi connectivity index (χ1) is 5.74. The van der Waals surface area contributed by atoms with E-state index in [1.807, 2.05) is 11.9 Å². The van der Waals surface area contributed by atoms with Gasteiger partial charge in [-0.3, -0.25) is 4.90 Å². The largest absolute Gasteiger partial charge is 0.395 e. The van der Waals surface area contributed by atoms with Crippen LogP contribution in [0.1, 0.15) is 5.69 Å². The number of aliphatic hydroxyl groups is 1. The molecule has 0 unspecified atom stereocenters. The SMILES string of the molecule is CN(CCO)Cc1nnsc1N. The number of likely N-dealkylation sites (N-methyl/N-ethyl adjacent to an activating group) is 1. The summed E-state index contributed by atoms with van der Waals surface area (Å²) in [5, 5.41) is 13.1. The first-order valence-corrected chi connectivity index (χ1v) is 4.37. The lowest BCUT2D eigenvalue weighted by atomic mass is 10.4. The van der Waals surface area contributed by atoms with Gasteiger partial charge in [0, 0.05) is 24.6 Å². The molecule has 0 aromatic carbocycles. The zero-order valence-electron chi connectivity index (χ0n) is 6.90. The van der Waals surface area contributed by atoms with Crippen LogP contribution in [0.4, 0.5) is 5.00 Å². The molecule has 0 aliphatic carbocycles. The third kappa shape index (κ3) is 2.40. The number of aliphatic hydroxyl groups excluding tert-OH is 1. The molecule has 3 N–H and O–H groups in total. The Bertz CT molecular complexity index is 239. The number of nitrogens with two attached hydrogens (primary N) is 1. The lowest BCUT2D eigenvalue weighted by Crippen LogP contribution is -2.22. The molecule has 6 heteroatoms. The molecule has 0 spiro atoms. The zero-order valence-corrected chi connectivity index (χ0v) is 7.71. The summed E-state index contributed by atoms with van der Waals surface area (Å²) in [6.45, 7) is 1.41. The van der Waals surface area contributed by atoms with Crippen molar-refractivity contribution in [2.24, 2.45) is 0 Å². The number of nitrogen functional groups attached to an aromatic ring is 1. The van der Waals surface area contributed by atoms with Crippen LogP contribution in [-0.4, -0.2) is 39.8 Å². The fourth-order valence-corrected chi connectivity index (χ4v) is 1.27. The second-order valence-corrected chi connectivity index (χ2v) is 3.33. The van der Waals surface area contributed by atoms with Crippen LogP contribution in [-0.2, 0) is 6.54 Å². The quantitative estimate of drug-likeness (QED) is 0.669. The van der Waals surface area contributed by atoms with Gasteiger partial charge in [0.2, 0.25) is 0 Å². The first kappa shape index (κ1) is 9.37. The molecule has 0 saturated heterocycles. The van der Waals surface area contributed by atoms with Gasteiger partial charge in [0.25, 0.3) is 0 Å². The molecule has 0 aliphatic heterocycles. The van der Waals surface area contributed by atoms with Gasteiger partial charge < -0.3 is 10.8 Å².